The van der Waals surface area contributed by atoms with Gasteiger partial charge in [-0.1, -0.05) is 17.8 Å². The summed E-state index contributed by atoms with van der Waals surface area (Å²) in [5.41, 5.74) is 2.40. The van der Waals surface area contributed by atoms with Gasteiger partial charge in [0, 0.05) is 12.1 Å². The van der Waals surface area contributed by atoms with Crippen molar-refractivity contribution in [1.29, 1.82) is 0 Å². The van der Waals surface area contributed by atoms with E-state index in [2.05, 4.69) is 15.3 Å². The zero-order valence-electron chi connectivity index (χ0n) is 14.7. The van der Waals surface area contributed by atoms with Crippen LogP contribution in [0.25, 0.3) is 11.3 Å². The number of ether oxygens (including phenoxy) is 2. The number of hydrogen-bond donors (Lipinski definition) is 1. The Labute approximate surface area is 165 Å². The first-order chi connectivity index (χ1) is 13.7. The highest BCUT2D eigenvalue weighted by molar-refractivity contribution is 7.99. The van der Waals surface area contributed by atoms with Crippen LogP contribution in [0.3, 0.4) is 0 Å². The van der Waals surface area contributed by atoms with E-state index in [-0.39, 0.29) is 24.3 Å². The Morgan fingerprint density at radius 1 is 1.07 bits per heavy atom. The number of fused-ring (bicyclic) bond motifs is 1. The molecule has 0 unspecified atom stereocenters. The van der Waals surface area contributed by atoms with Gasteiger partial charge in [-0.25, -0.2) is 14.4 Å². The fourth-order valence-electron chi connectivity index (χ4n) is 2.64. The Bertz CT molecular complexity index is 998. The fraction of sp³-hybridized carbons (Fsp3) is 0.150. The van der Waals surface area contributed by atoms with Crippen molar-refractivity contribution in [3.05, 3.63) is 66.2 Å². The molecule has 0 aliphatic carbocycles. The number of aromatic nitrogens is 2. The Hall–Kier alpha value is -3.13. The first-order valence-electron chi connectivity index (χ1n) is 8.53. The van der Waals surface area contributed by atoms with E-state index >= 15 is 0 Å². The number of carbonyl (C=O) groups is 1. The number of hydrogen-bond acceptors (Lipinski definition) is 6. The molecule has 0 spiro atoms. The molecular weight excluding hydrogens is 381 g/mol. The van der Waals surface area contributed by atoms with Crippen LogP contribution in [-0.2, 0) is 11.3 Å². The summed E-state index contributed by atoms with van der Waals surface area (Å²) in [5.74, 6) is 1.22. The molecule has 0 atom stereocenters. The maximum atomic E-state index is 13.1. The third kappa shape index (κ3) is 4.40. The minimum absolute atomic E-state index is 0.107. The first-order valence-corrected chi connectivity index (χ1v) is 9.52. The minimum Gasteiger partial charge on any atom is -0.454 e. The highest BCUT2D eigenvalue weighted by atomic mass is 32.2. The van der Waals surface area contributed by atoms with Gasteiger partial charge in [-0.05, 0) is 48.0 Å². The second kappa shape index (κ2) is 8.26. The molecular formula is C20H16FN3O3S. The van der Waals surface area contributed by atoms with E-state index in [0.717, 1.165) is 11.1 Å². The normalized spacial score (nSPS) is 12.0. The first kappa shape index (κ1) is 18.2. The summed E-state index contributed by atoms with van der Waals surface area (Å²) in [6.07, 6.45) is 1.44. The van der Waals surface area contributed by atoms with Crippen LogP contribution >= 0.6 is 11.8 Å². The molecule has 1 N–H and O–H groups in total. The lowest BCUT2D eigenvalue weighted by molar-refractivity contribution is -0.118. The molecule has 1 aliphatic heterocycles. The van der Waals surface area contributed by atoms with Crippen LogP contribution in [0.5, 0.6) is 11.5 Å². The summed E-state index contributed by atoms with van der Waals surface area (Å²) >= 11 is 1.31. The zero-order valence-corrected chi connectivity index (χ0v) is 15.5. The number of nitrogens with one attached hydrogen (secondary N) is 1. The van der Waals surface area contributed by atoms with Gasteiger partial charge in [-0.3, -0.25) is 4.79 Å². The molecule has 0 saturated heterocycles. The second-order valence-corrected chi connectivity index (χ2v) is 7.00. The Morgan fingerprint density at radius 2 is 1.89 bits per heavy atom. The highest BCUT2D eigenvalue weighted by Gasteiger charge is 2.13. The molecule has 0 fully saturated rings. The molecule has 8 heteroatoms. The molecule has 142 valence electrons. The zero-order chi connectivity index (χ0) is 19.3. The Morgan fingerprint density at radius 3 is 2.75 bits per heavy atom. The third-order valence-corrected chi connectivity index (χ3v) is 4.99. The minimum atomic E-state index is -0.300. The van der Waals surface area contributed by atoms with Gasteiger partial charge in [0.2, 0.25) is 12.7 Å². The second-order valence-electron chi connectivity index (χ2n) is 6.00. The van der Waals surface area contributed by atoms with E-state index in [4.69, 9.17) is 9.47 Å². The number of rotatable bonds is 6. The molecule has 1 aliphatic rings. The lowest BCUT2D eigenvalue weighted by atomic mass is 10.1. The molecule has 1 aromatic heterocycles. The van der Waals surface area contributed by atoms with Gasteiger partial charge in [0.25, 0.3) is 0 Å². The summed E-state index contributed by atoms with van der Waals surface area (Å²) in [6.45, 7) is 0.626. The molecule has 1 amide bonds. The summed E-state index contributed by atoms with van der Waals surface area (Å²) in [6, 6.07) is 13.4. The van der Waals surface area contributed by atoms with Gasteiger partial charge in [0.05, 0.1) is 11.4 Å². The van der Waals surface area contributed by atoms with E-state index in [1.807, 2.05) is 18.2 Å². The van der Waals surface area contributed by atoms with Gasteiger partial charge in [-0.15, -0.1) is 0 Å². The summed E-state index contributed by atoms with van der Waals surface area (Å²) < 4.78 is 23.7. The van der Waals surface area contributed by atoms with Crippen LogP contribution in [0.2, 0.25) is 0 Å². The molecule has 6 nitrogen and oxygen atoms in total. The van der Waals surface area contributed by atoms with Gasteiger partial charge in [-0.2, -0.15) is 0 Å². The van der Waals surface area contributed by atoms with Crippen molar-refractivity contribution in [1.82, 2.24) is 15.3 Å². The lowest BCUT2D eigenvalue weighted by Gasteiger charge is -2.07. The predicted octanol–water partition coefficient (Wildman–Crippen LogP) is 3.42. The van der Waals surface area contributed by atoms with E-state index in [0.29, 0.717) is 28.8 Å². The molecule has 0 bridgehead atoms. The van der Waals surface area contributed by atoms with E-state index in [9.17, 15) is 9.18 Å². The average molecular weight is 397 g/mol. The lowest BCUT2D eigenvalue weighted by Crippen LogP contribution is -2.24. The van der Waals surface area contributed by atoms with Crippen molar-refractivity contribution in [3.8, 4) is 22.8 Å². The van der Waals surface area contributed by atoms with Crippen molar-refractivity contribution in [2.75, 3.05) is 12.5 Å². The van der Waals surface area contributed by atoms with Crippen LogP contribution in [-0.4, -0.2) is 28.4 Å². The molecule has 4 rings (SSSR count). The quantitative estimate of drug-likeness (QED) is 0.508. The maximum Gasteiger partial charge on any atom is 0.231 e. The van der Waals surface area contributed by atoms with Gasteiger partial charge in [0.1, 0.15) is 17.2 Å². The van der Waals surface area contributed by atoms with Crippen LogP contribution < -0.4 is 14.8 Å². The number of thioether (sulfide) groups is 1. The molecule has 2 heterocycles. The van der Waals surface area contributed by atoms with Crippen LogP contribution in [0, 0.1) is 5.82 Å². The van der Waals surface area contributed by atoms with Crippen LogP contribution in [0.15, 0.2) is 59.9 Å². The number of benzene rings is 2. The smallest absolute Gasteiger partial charge is 0.231 e. The highest BCUT2D eigenvalue weighted by Crippen LogP contribution is 2.32. The number of nitrogens with zero attached hydrogens (tertiary/aromatic N) is 2. The molecule has 28 heavy (non-hydrogen) atoms. The van der Waals surface area contributed by atoms with Crippen molar-refractivity contribution in [2.45, 2.75) is 11.6 Å². The van der Waals surface area contributed by atoms with Crippen molar-refractivity contribution >= 4 is 17.7 Å². The largest absolute Gasteiger partial charge is 0.454 e. The van der Waals surface area contributed by atoms with Gasteiger partial charge < -0.3 is 14.8 Å². The third-order valence-electron chi connectivity index (χ3n) is 4.06. The number of carbonyl (C=O) groups excluding carboxylic acids is 1. The summed E-state index contributed by atoms with van der Waals surface area (Å²) in [4.78, 5) is 20.5. The standard InChI is InChI=1S/C20H16FN3O3S/c21-15-4-2-14(3-5-15)16-8-20(24-11-23-16)28-10-19(25)22-9-13-1-6-17-18(7-13)27-12-26-17/h1-8,11H,9-10,12H2,(H,22,25). The van der Waals surface area contributed by atoms with Crippen molar-refractivity contribution < 1.29 is 18.7 Å². The van der Waals surface area contributed by atoms with E-state index < -0.39 is 0 Å². The molecule has 0 radical (unpaired) electrons. The topological polar surface area (TPSA) is 73.3 Å². The average Bonchev–Trinajstić information content (AvgIpc) is 3.19. The maximum absolute atomic E-state index is 13.1. The molecule has 0 saturated carbocycles. The SMILES string of the molecule is O=C(CSc1cc(-c2ccc(F)cc2)ncn1)NCc1ccc2c(c1)OCO2. The van der Waals surface area contributed by atoms with E-state index in [1.165, 1.54) is 30.2 Å². The number of amides is 1. The Kier molecular flexibility index (Phi) is 5.38. The summed E-state index contributed by atoms with van der Waals surface area (Å²) in [5, 5.41) is 3.55. The molecule has 2 aromatic carbocycles. The van der Waals surface area contributed by atoms with Crippen molar-refractivity contribution in [3.63, 3.8) is 0 Å². The van der Waals surface area contributed by atoms with Crippen LogP contribution in [0.4, 0.5) is 4.39 Å². The van der Waals surface area contributed by atoms with Crippen LogP contribution in [0.1, 0.15) is 5.56 Å². The Balaban J connectivity index is 1.31. The van der Waals surface area contributed by atoms with Crippen molar-refractivity contribution in [2.24, 2.45) is 0 Å². The van der Waals surface area contributed by atoms with E-state index in [1.54, 1.807) is 18.2 Å². The predicted molar refractivity (Wildman–Crippen MR) is 103 cm³/mol. The van der Waals surface area contributed by atoms with Gasteiger partial charge >= 0.3 is 0 Å². The fourth-order valence-corrected chi connectivity index (χ4v) is 3.34. The summed E-state index contributed by atoms with van der Waals surface area (Å²) in [7, 11) is 0. The monoisotopic (exact) mass is 397 g/mol. The number of halogens is 1. The van der Waals surface area contributed by atoms with Gasteiger partial charge in [0.15, 0.2) is 11.5 Å². The molecule has 3 aromatic rings.